The highest BCUT2D eigenvalue weighted by Crippen LogP contribution is 2.03. The lowest BCUT2D eigenvalue weighted by molar-refractivity contribution is 0.220. The molecule has 0 saturated heterocycles. The van der Waals surface area contributed by atoms with Crippen LogP contribution in [0.3, 0.4) is 0 Å². The van der Waals surface area contributed by atoms with Crippen molar-refractivity contribution < 1.29 is 0 Å². The summed E-state index contributed by atoms with van der Waals surface area (Å²) in [4.78, 5) is 2.57. The maximum Gasteiger partial charge on any atom is 0.00385 e. The zero-order chi connectivity index (χ0) is 10.8. The van der Waals surface area contributed by atoms with Crippen LogP contribution in [0.2, 0.25) is 0 Å². The van der Waals surface area contributed by atoms with Gasteiger partial charge in [0.25, 0.3) is 0 Å². The number of hydrogen-bond acceptors (Lipinski definition) is 1. The van der Waals surface area contributed by atoms with Crippen LogP contribution in [-0.2, 0) is 0 Å². The van der Waals surface area contributed by atoms with E-state index in [1.807, 2.05) is 0 Å². The monoisotopic (exact) mass is 197 g/mol. The van der Waals surface area contributed by atoms with Crippen molar-refractivity contribution in [2.75, 3.05) is 13.1 Å². The van der Waals surface area contributed by atoms with E-state index in [9.17, 15) is 0 Å². The molecule has 0 atom stereocenters. The molecule has 0 saturated carbocycles. The van der Waals surface area contributed by atoms with Crippen molar-refractivity contribution in [1.29, 1.82) is 0 Å². The van der Waals surface area contributed by atoms with Crippen LogP contribution < -0.4 is 0 Å². The van der Waals surface area contributed by atoms with Crippen LogP contribution in [0.4, 0.5) is 0 Å². The number of nitrogens with zero attached hydrogens (tertiary/aromatic N) is 1. The Labute approximate surface area is 90.2 Å². The van der Waals surface area contributed by atoms with Crippen molar-refractivity contribution in [2.45, 2.75) is 59.4 Å². The van der Waals surface area contributed by atoms with Crippen LogP contribution in [0, 0.1) is 0 Å². The molecule has 0 aromatic carbocycles. The van der Waals surface area contributed by atoms with E-state index in [1.54, 1.807) is 0 Å². The third kappa shape index (κ3) is 7.14. The lowest BCUT2D eigenvalue weighted by atomic mass is 10.2. The van der Waals surface area contributed by atoms with Crippen molar-refractivity contribution in [2.24, 2.45) is 0 Å². The third-order valence-electron chi connectivity index (χ3n) is 2.46. The molecular weight excluding hydrogens is 170 g/mol. The fraction of sp³-hybridized carbons (Fsp3) is 0.846. The first-order valence-corrected chi connectivity index (χ1v) is 6.11. The average Bonchev–Trinajstić information content (AvgIpc) is 2.15. The first kappa shape index (κ1) is 13.7. The lowest BCUT2D eigenvalue weighted by Crippen LogP contribution is -2.32. The Balaban J connectivity index is 3.55. The van der Waals surface area contributed by atoms with Gasteiger partial charge in [-0.2, -0.15) is 0 Å². The van der Waals surface area contributed by atoms with Crippen LogP contribution >= 0.6 is 0 Å². The fourth-order valence-electron chi connectivity index (χ4n) is 1.61. The molecule has 0 unspecified atom stereocenters. The van der Waals surface area contributed by atoms with Crippen LogP contribution in [0.15, 0.2) is 12.2 Å². The second-order valence-corrected chi connectivity index (χ2v) is 4.15. The van der Waals surface area contributed by atoms with Gasteiger partial charge in [-0.3, -0.25) is 0 Å². The van der Waals surface area contributed by atoms with Crippen molar-refractivity contribution in [3.63, 3.8) is 0 Å². The van der Waals surface area contributed by atoms with Gasteiger partial charge in [0.1, 0.15) is 0 Å². The molecule has 0 N–H and O–H groups in total. The fourth-order valence-corrected chi connectivity index (χ4v) is 1.61. The molecule has 0 fully saturated rings. The summed E-state index contributed by atoms with van der Waals surface area (Å²) in [5, 5.41) is 0. The van der Waals surface area contributed by atoms with E-state index in [1.165, 1.54) is 38.8 Å². The van der Waals surface area contributed by atoms with E-state index in [2.05, 4.69) is 44.7 Å². The average molecular weight is 197 g/mol. The first-order chi connectivity index (χ1) is 6.72. The van der Waals surface area contributed by atoms with E-state index in [0.29, 0.717) is 6.04 Å². The molecule has 0 spiro atoms. The van der Waals surface area contributed by atoms with E-state index >= 15 is 0 Å². The quantitative estimate of drug-likeness (QED) is 0.422. The first-order valence-electron chi connectivity index (χ1n) is 6.11. The van der Waals surface area contributed by atoms with Crippen LogP contribution in [0.25, 0.3) is 0 Å². The molecule has 0 bridgehead atoms. The Morgan fingerprint density at radius 1 is 1.07 bits per heavy atom. The zero-order valence-electron chi connectivity index (χ0n) is 10.4. The second kappa shape index (κ2) is 9.26. The Hall–Kier alpha value is -0.300. The Morgan fingerprint density at radius 2 is 1.79 bits per heavy atom. The Morgan fingerprint density at radius 3 is 2.29 bits per heavy atom. The molecule has 0 aliphatic rings. The molecule has 0 rings (SSSR count). The summed E-state index contributed by atoms with van der Waals surface area (Å²) in [6.45, 7) is 11.5. The van der Waals surface area contributed by atoms with Gasteiger partial charge in [-0.05, 0) is 52.6 Å². The van der Waals surface area contributed by atoms with E-state index in [0.717, 1.165) is 0 Å². The van der Waals surface area contributed by atoms with Gasteiger partial charge >= 0.3 is 0 Å². The molecule has 14 heavy (non-hydrogen) atoms. The second-order valence-electron chi connectivity index (χ2n) is 4.15. The third-order valence-corrected chi connectivity index (χ3v) is 2.46. The molecule has 1 heteroatoms. The van der Waals surface area contributed by atoms with Crippen LogP contribution in [-0.4, -0.2) is 24.0 Å². The van der Waals surface area contributed by atoms with E-state index < -0.39 is 0 Å². The number of allylic oxidation sites excluding steroid dienone is 2. The predicted molar refractivity (Wildman–Crippen MR) is 65.7 cm³/mol. The van der Waals surface area contributed by atoms with Crippen molar-refractivity contribution in [3.05, 3.63) is 12.2 Å². The van der Waals surface area contributed by atoms with Gasteiger partial charge in [-0.25, -0.2) is 0 Å². The topological polar surface area (TPSA) is 3.24 Å². The Bertz CT molecular complexity index is 138. The predicted octanol–water partition coefficient (Wildman–Crippen LogP) is 3.85. The van der Waals surface area contributed by atoms with Crippen LogP contribution in [0.5, 0.6) is 0 Å². The van der Waals surface area contributed by atoms with Crippen LogP contribution in [0.1, 0.15) is 53.4 Å². The van der Waals surface area contributed by atoms with Crippen molar-refractivity contribution in [3.8, 4) is 0 Å². The van der Waals surface area contributed by atoms with E-state index in [-0.39, 0.29) is 0 Å². The minimum atomic E-state index is 0.699. The number of unbranched alkanes of at least 4 members (excludes halogenated alkanes) is 1. The molecule has 0 aliphatic carbocycles. The molecule has 0 radical (unpaired) electrons. The maximum atomic E-state index is 2.57. The smallest absolute Gasteiger partial charge is 0.00385 e. The summed E-state index contributed by atoms with van der Waals surface area (Å²) in [7, 11) is 0. The summed E-state index contributed by atoms with van der Waals surface area (Å²) in [6.07, 6.45) is 9.55. The van der Waals surface area contributed by atoms with Gasteiger partial charge in [0.15, 0.2) is 0 Å². The minimum Gasteiger partial charge on any atom is -0.301 e. The Kier molecular flexibility index (Phi) is 9.06. The zero-order valence-corrected chi connectivity index (χ0v) is 10.4. The molecule has 0 heterocycles. The highest BCUT2D eigenvalue weighted by Gasteiger charge is 2.06. The van der Waals surface area contributed by atoms with Gasteiger partial charge in [0, 0.05) is 6.04 Å². The number of hydrogen-bond donors (Lipinski definition) is 0. The van der Waals surface area contributed by atoms with Gasteiger partial charge in [-0.1, -0.05) is 26.0 Å². The molecule has 0 aliphatic heterocycles. The van der Waals surface area contributed by atoms with Gasteiger partial charge < -0.3 is 4.90 Å². The molecular formula is C13H27N. The van der Waals surface area contributed by atoms with Crippen molar-refractivity contribution in [1.82, 2.24) is 4.90 Å². The largest absolute Gasteiger partial charge is 0.301 e. The summed E-state index contributed by atoms with van der Waals surface area (Å²) < 4.78 is 0. The highest BCUT2D eigenvalue weighted by atomic mass is 15.1. The minimum absolute atomic E-state index is 0.699. The molecule has 0 aromatic heterocycles. The SMILES string of the molecule is CC/C=C/CCCN(CCC)C(C)C. The summed E-state index contributed by atoms with van der Waals surface area (Å²) >= 11 is 0. The maximum absolute atomic E-state index is 2.57. The van der Waals surface area contributed by atoms with Gasteiger partial charge in [0.2, 0.25) is 0 Å². The number of rotatable bonds is 8. The summed E-state index contributed by atoms with van der Waals surface area (Å²) in [5.74, 6) is 0. The molecule has 0 amide bonds. The van der Waals surface area contributed by atoms with E-state index in [4.69, 9.17) is 0 Å². The molecule has 0 aromatic rings. The summed E-state index contributed by atoms with van der Waals surface area (Å²) in [5.41, 5.74) is 0. The van der Waals surface area contributed by atoms with Gasteiger partial charge in [0.05, 0.1) is 0 Å². The standard InChI is InChI=1S/C13H27N/c1-5-7-8-9-10-12-14(11-6-2)13(3)4/h7-8,13H,5-6,9-12H2,1-4H3/b8-7+. The van der Waals surface area contributed by atoms with Gasteiger partial charge in [-0.15, -0.1) is 0 Å². The highest BCUT2D eigenvalue weighted by molar-refractivity contribution is 4.80. The van der Waals surface area contributed by atoms with Crippen molar-refractivity contribution >= 4 is 0 Å². The summed E-state index contributed by atoms with van der Waals surface area (Å²) in [6, 6.07) is 0.699. The normalized spacial score (nSPS) is 12.1. The molecule has 84 valence electrons. The molecule has 1 nitrogen and oxygen atoms in total. The lowest BCUT2D eigenvalue weighted by Gasteiger charge is -2.25.